The minimum atomic E-state index is 0.0675. The van der Waals surface area contributed by atoms with Crippen molar-refractivity contribution < 1.29 is 4.79 Å². The molecule has 0 fully saturated rings. The van der Waals surface area contributed by atoms with Crippen molar-refractivity contribution in [2.45, 2.75) is 19.8 Å². The van der Waals surface area contributed by atoms with E-state index in [1.807, 2.05) is 24.4 Å². The maximum Gasteiger partial charge on any atom is 0.178 e. The fraction of sp³-hybridized carbons (Fsp3) is 0.267. The number of thiophene rings is 1. The standard InChI is InChI=1S/C15H13ClOS/c1-9-8-18-15(13(9)16)14(17)12-6-10-4-2-3-5-11(10)7-12/h2-5,8,12H,6-7H2,1H3. The summed E-state index contributed by atoms with van der Waals surface area (Å²) in [6.45, 7) is 1.94. The summed E-state index contributed by atoms with van der Waals surface area (Å²) >= 11 is 7.65. The maximum atomic E-state index is 12.5. The number of hydrogen-bond donors (Lipinski definition) is 0. The number of hydrogen-bond acceptors (Lipinski definition) is 2. The minimum Gasteiger partial charge on any atom is -0.293 e. The molecule has 0 radical (unpaired) electrons. The normalized spacial score (nSPS) is 14.8. The summed E-state index contributed by atoms with van der Waals surface area (Å²) in [6, 6.07) is 8.30. The van der Waals surface area contributed by atoms with E-state index in [2.05, 4.69) is 12.1 Å². The van der Waals surface area contributed by atoms with Gasteiger partial charge in [0.2, 0.25) is 0 Å². The molecule has 18 heavy (non-hydrogen) atoms. The highest BCUT2D eigenvalue weighted by molar-refractivity contribution is 7.13. The molecular weight excluding hydrogens is 264 g/mol. The van der Waals surface area contributed by atoms with Gasteiger partial charge in [-0.3, -0.25) is 4.79 Å². The molecule has 0 saturated heterocycles. The van der Waals surface area contributed by atoms with Gasteiger partial charge in [0.15, 0.2) is 5.78 Å². The van der Waals surface area contributed by atoms with Crippen LogP contribution in [0.3, 0.4) is 0 Å². The molecule has 1 aromatic carbocycles. The highest BCUT2D eigenvalue weighted by Gasteiger charge is 2.29. The summed E-state index contributed by atoms with van der Waals surface area (Å²) in [7, 11) is 0. The first-order chi connectivity index (χ1) is 8.66. The number of carbonyl (C=O) groups is 1. The third-order valence-electron chi connectivity index (χ3n) is 3.54. The Kier molecular flexibility index (Phi) is 3.00. The van der Waals surface area contributed by atoms with Crippen LogP contribution in [0, 0.1) is 12.8 Å². The monoisotopic (exact) mass is 276 g/mol. The van der Waals surface area contributed by atoms with Crippen LogP contribution in [0.15, 0.2) is 29.6 Å². The van der Waals surface area contributed by atoms with Gasteiger partial charge in [0, 0.05) is 5.92 Å². The van der Waals surface area contributed by atoms with Gasteiger partial charge in [-0.05, 0) is 41.8 Å². The molecule has 0 bridgehead atoms. The first-order valence-electron chi connectivity index (χ1n) is 6.01. The number of benzene rings is 1. The van der Waals surface area contributed by atoms with Crippen molar-refractivity contribution in [2.24, 2.45) is 5.92 Å². The SMILES string of the molecule is Cc1csc(C(=O)C2Cc3ccccc3C2)c1Cl. The lowest BCUT2D eigenvalue weighted by Gasteiger charge is -2.06. The van der Waals surface area contributed by atoms with E-state index in [9.17, 15) is 4.79 Å². The van der Waals surface area contributed by atoms with Gasteiger partial charge in [0.25, 0.3) is 0 Å². The Morgan fingerprint density at radius 3 is 2.39 bits per heavy atom. The zero-order chi connectivity index (χ0) is 12.7. The van der Waals surface area contributed by atoms with Crippen LogP contribution in [-0.4, -0.2) is 5.78 Å². The van der Waals surface area contributed by atoms with Crippen LogP contribution in [0.5, 0.6) is 0 Å². The van der Waals surface area contributed by atoms with E-state index < -0.39 is 0 Å². The highest BCUT2D eigenvalue weighted by atomic mass is 35.5. The van der Waals surface area contributed by atoms with Crippen molar-refractivity contribution in [3.8, 4) is 0 Å². The molecule has 1 heterocycles. The number of carbonyl (C=O) groups excluding carboxylic acids is 1. The van der Waals surface area contributed by atoms with Gasteiger partial charge in [-0.15, -0.1) is 11.3 Å². The lowest BCUT2D eigenvalue weighted by Crippen LogP contribution is -2.14. The summed E-state index contributed by atoms with van der Waals surface area (Å²) in [5.74, 6) is 0.271. The average Bonchev–Trinajstić information content (AvgIpc) is 2.94. The van der Waals surface area contributed by atoms with Crippen LogP contribution in [-0.2, 0) is 12.8 Å². The van der Waals surface area contributed by atoms with Gasteiger partial charge in [-0.2, -0.15) is 0 Å². The fourth-order valence-electron chi connectivity index (χ4n) is 2.53. The van der Waals surface area contributed by atoms with Gasteiger partial charge < -0.3 is 0 Å². The molecule has 1 aromatic heterocycles. The quantitative estimate of drug-likeness (QED) is 0.747. The van der Waals surface area contributed by atoms with Crippen LogP contribution in [0.4, 0.5) is 0 Å². The van der Waals surface area contributed by atoms with Crippen molar-refractivity contribution in [3.63, 3.8) is 0 Å². The lowest BCUT2D eigenvalue weighted by molar-refractivity contribution is 0.0929. The molecule has 0 amide bonds. The second kappa shape index (κ2) is 4.52. The van der Waals surface area contributed by atoms with Crippen LogP contribution in [0.2, 0.25) is 5.02 Å². The Balaban J connectivity index is 1.87. The van der Waals surface area contributed by atoms with E-state index in [1.54, 1.807) is 0 Å². The maximum absolute atomic E-state index is 12.5. The molecule has 1 aliphatic rings. The number of rotatable bonds is 2. The first-order valence-corrected chi connectivity index (χ1v) is 7.27. The van der Waals surface area contributed by atoms with Crippen LogP contribution >= 0.6 is 22.9 Å². The van der Waals surface area contributed by atoms with Gasteiger partial charge in [-0.25, -0.2) is 0 Å². The number of Topliss-reactive ketones (excluding diaryl/α,β-unsaturated/α-hetero) is 1. The molecule has 3 rings (SSSR count). The van der Waals surface area contributed by atoms with E-state index >= 15 is 0 Å². The van der Waals surface area contributed by atoms with Gasteiger partial charge >= 0.3 is 0 Å². The average molecular weight is 277 g/mol. The molecule has 0 unspecified atom stereocenters. The zero-order valence-electron chi connectivity index (χ0n) is 10.1. The molecule has 0 atom stereocenters. The topological polar surface area (TPSA) is 17.1 Å². The van der Waals surface area contributed by atoms with Gasteiger partial charge in [0.05, 0.1) is 9.90 Å². The van der Waals surface area contributed by atoms with E-state index in [0.717, 1.165) is 23.3 Å². The minimum absolute atomic E-state index is 0.0675. The number of halogens is 1. The molecular formula is C15H13ClOS. The zero-order valence-corrected chi connectivity index (χ0v) is 11.6. The van der Waals surface area contributed by atoms with Gasteiger partial charge in [0.1, 0.15) is 0 Å². The molecule has 1 aliphatic carbocycles. The van der Waals surface area contributed by atoms with Gasteiger partial charge in [-0.1, -0.05) is 35.9 Å². The largest absolute Gasteiger partial charge is 0.293 e. The molecule has 0 spiro atoms. The third-order valence-corrected chi connectivity index (χ3v) is 5.26. The predicted molar refractivity (Wildman–Crippen MR) is 75.7 cm³/mol. The van der Waals surface area contributed by atoms with E-state index in [-0.39, 0.29) is 11.7 Å². The molecule has 92 valence electrons. The third kappa shape index (κ3) is 1.90. The first kappa shape index (κ1) is 11.9. The van der Waals surface area contributed by atoms with Crippen LogP contribution in [0.1, 0.15) is 26.4 Å². The Morgan fingerprint density at radius 2 is 1.89 bits per heavy atom. The number of fused-ring (bicyclic) bond motifs is 1. The Labute approximate surface area is 115 Å². The number of aryl methyl sites for hydroxylation is 1. The second-order valence-corrected chi connectivity index (χ2v) is 6.06. The summed E-state index contributed by atoms with van der Waals surface area (Å²) < 4.78 is 0. The van der Waals surface area contributed by atoms with Crippen molar-refractivity contribution in [1.82, 2.24) is 0 Å². The fourth-order valence-corrected chi connectivity index (χ4v) is 3.83. The predicted octanol–water partition coefficient (Wildman–Crippen LogP) is 4.31. The highest BCUT2D eigenvalue weighted by Crippen LogP contribution is 2.34. The summed E-state index contributed by atoms with van der Waals surface area (Å²) in [5, 5.41) is 2.60. The molecule has 2 aromatic rings. The number of ketones is 1. The summed E-state index contributed by atoms with van der Waals surface area (Å²) in [5.41, 5.74) is 3.61. The smallest absolute Gasteiger partial charge is 0.178 e. The van der Waals surface area contributed by atoms with E-state index in [0.29, 0.717) is 5.02 Å². The van der Waals surface area contributed by atoms with Crippen molar-refractivity contribution >= 4 is 28.7 Å². The van der Waals surface area contributed by atoms with E-state index in [1.165, 1.54) is 22.5 Å². The molecule has 1 nitrogen and oxygen atoms in total. The summed E-state index contributed by atoms with van der Waals surface area (Å²) in [6.07, 6.45) is 1.70. The Morgan fingerprint density at radius 1 is 1.28 bits per heavy atom. The second-order valence-electron chi connectivity index (χ2n) is 4.80. The van der Waals surface area contributed by atoms with Crippen LogP contribution < -0.4 is 0 Å². The van der Waals surface area contributed by atoms with Crippen molar-refractivity contribution in [3.05, 3.63) is 56.2 Å². The van der Waals surface area contributed by atoms with Crippen molar-refractivity contribution in [2.75, 3.05) is 0 Å². The van der Waals surface area contributed by atoms with Crippen LogP contribution in [0.25, 0.3) is 0 Å². The Bertz CT molecular complexity index is 590. The molecule has 0 N–H and O–H groups in total. The summed E-state index contributed by atoms with van der Waals surface area (Å²) in [4.78, 5) is 13.2. The van der Waals surface area contributed by atoms with Crippen molar-refractivity contribution in [1.29, 1.82) is 0 Å². The molecule has 0 saturated carbocycles. The molecule has 3 heteroatoms. The lowest BCUT2D eigenvalue weighted by atomic mass is 9.99. The Hall–Kier alpha value is -1.12. The molecule has 0 aliphatic heterocycles. The van der Waals surface area contributed by atoms with E-state index in [4.69, 9.17) is 11.6 Å².